The van der Waals surface area contributed by atoms with Gasteiger partial charge in [-0.25, -0.2) is 0 Å². The first kappa shape index (κ1) is 14.2. The van der Waals surface area contributed by atoms with Crippen molar-refractivity contribution < 1.29 is 9.84 Å². The molecule has 110 valence electrons. The van der Waals surface area contributed by atoms with Crippen molar-refractivity contribution >= 4 is 0 Å². The molecule has 1 N–H and O–H groups in total. The molecular formula is C20H18O2. The monoisotopic (exact) mass is 290 g/mol. The predicted octanol–water partition coefficient (Wildman–Crippen LogP) is 4.95. The standard InChI is InChI=1S/C20H18O2/c1-15-12-18(21)10-11-20(15)17-7-5-6-16(13-17)14-22-19-8-3-2-4-9-19/h2-13,21H,14H2,1H3. The maximum absolute atomic E-state index is 9.53. The second-order valence-electron chi connectivity index (χ2n) is 5.30. The van der Waals surface area contributed by atoms with E-state index in [0.29, 0.717) is 12.4 Å². The third kappa shape index (κ3) is 3.29. The molecule has 0 atom stereocenters. The van der Waals surface area contributed by atoms with Crippen molar-refractivity contribution in [1.29, 1.82) is 0 Å². The van der Waals surface area contributed by atoms with E-state index in [1.165, 1.54) is 0 Å². The lowest BCUT2D eigenvalue weighted by molar-refractivity contribution is 0.306. The highest BCUT2D eigenvalue weighted by Crippen LogP contribution is 2.27. The summed E-state index contributed by atoms with van der Waals surface area (Å²) in [7, 11) is 0. The van der Waals surface area contributed by atoms with Crippen molar-refractivity contribution in [2.24, 2.45) is 0 Å². The Bertz CT molecular complexity index is 764. The van der Waals surface area contributed by atoms with Gasteiger partial charge in [-0.15, -0.1) is 0 Å². The average molecular weight is 290 g/mol. The molecule has 0 spiro atoms. The number of rotatable bonds is 4. The van der Waals surface area contributed by atoms with Gasteiger partial charge in [0.15, 0.2) is 0 Å². The Kier molecular flexibility index (Phi) is 4.10. The summed E-state index contributed by atoms with van der Waals surface area (Å²) in [4.78, 5) is 0. The van der Waals surface area contributed by atoms with Gasteiger partial charge in [-0.1, -0.05) is 42.5 Å². The van der Waals surface area contributed by atoms with Crippen LogP contribution >= 0.6 is 0 Å². The summed E-state index contributed by atoms with van der Waals surface area (Å²) in [6.45, 7) is 2.54. The van der Waals surface area contributed by atoms with Crippen LogP contribution in [-0.2, 0) is 6.61 Å². The highest BCUT2D eigenvalue weighted by molar-refractivity contribution is 5.68. The zero-order valence-electron chi connectivity index (χ0n) is 12.5. The van der Waals surface area contributed by atoms with Crippen molar-refractivity contribution in [3.05, 3.63) is 83.9 Å². The fourth-order valence-electron chi connectivity index (χ4n) is 2.48. The molecule has 0 radical (unpaired) electrons. The van der Waals surface area contributed by atoms with Crippen molar-refractivity contribution in [3.63, 3.8) is 0 Å². The van der Waals surface area contributed by atoms with Gasteiger partial charge in [0, 0.05) is 0 Å². The smallest absolute Gasteiger partial charge is 0.119 e. The van der Waals surface area contributed by atoms with Gasteiger partial charge in [-0.3, -0.25) is 0 Å². The van der Waals surface area contributed by atoms with Crippen LogP contribution in [0.4, 0.5) is 0 Å². The Labute approximate surface area is 130 Å². The molecule has 0 bridgehead atoms. The molecule has 0 aliphatic rings. The molecule has 0 aromatic heterocycles. The molecule has 2 heteroatoms. The first-order valence-corrected chi connectivity index (χ1v) is 7.29. The van der Waals surface area contributed by atoms with Crippen LogP contribution in [-0.4, -0.2) is 5.11 Å². The molecule has 0 unspecified atom stereocenters. The maximum atomic E-state index is 9.53. The molecule has 0 amide bonds. The molecule has 3 aromatic carbocycles. The van der Waals surface area contributed by atoms with Gasteiger partial charge in [-0.2, -0.15) is 0 Å². The summed E-state index contributed by atoms with van der Waals surface area (Å²) in [5.41, 5.74) is 4.43. The van der Waals surface area contributed by atoms with Gasteiger partial charge >= 0.3 is 0 Å². The first-order chi connectivity index (χ1) is 10.7. The number of hydrogen-bond acceptors (Lipinski definition) is 2. The molecule has 0 saturated heterocycles. The van der Waals surface area contributed by atoms with Crippen LogP contribution in [0.1, 0.15) is 11.1 Å². The van der Waals surface area contributed by atoms with Crippen LogP contribution in [0.3, 0.4) is 0 Å². The third-order valence-electron chi connectivity index (χ3n) is 3.60. The van der Waals surface area contributed by atoms with E-state index < -0.39 is 0 Å². The van der Waals surface area contributed by atoms with Crippen molar-refractivity contribution in [2.45, 2.75) is 13.5 Å². The summed E-state index contributed by atoms with van der Waals surface area (Å²) in [6.07, 6.45) is 0. The molecule has 2 nitrogen and oxygen atoms in total. The number of phenols is 1. The van der Waals surface area contributed by atoms with E-state index >= 15 is 0 Å². The van der Waals surface area contributed by atoms with E-state index in [2.05, 4.69) is 18.2 Å². The summed E-state index contributed by atoms with van der Waals surface area (Å²) in [5.74, 6) is 1.17. The lowest BCUT2D eigenvalue weighted by Gasteiger charge is -2.10. The van der Waals surface area contributed by atoms with Crippen LogP contribution in [0, 0.1) is 6.92 Å². The first-order valence-electron chi connectivity index (χ1n) is 7.29. The second kappa shape index (κ2) is 6.35. The number of aryl methyl sites for hydroxylation is 1. The number of phenolic OH excluding ortho intramolecular Hbond substituents is 1. The second-order valence-corrected chi connectivity index (χ2v) is 5.30. The van der Waals surface area contributed by atoms with Crippen LogP contribution in [0.2, 0.25) is 0 Å². The fourth-order valence-corrected chi connectivity index (χ4v) is 2.48. The molecule has 0 saturated carbocycles. The van der Waals surface area contributed by atoms with E-state index in [1.807, 2.05) is 49.4 Å². The number of aromatic hydroxyl groups is 1. The Morgan fingerprint density at radius 2 is 1.68 bits per heavy atom. The fraction of sp³-hybridized carbons (Fsp3) is 0.100. The normalized spacial score (nSPS) is 10.4. The third-order valence-corrected chi connectivity index (χ3v) is 3.60. The van der Waals surface area contributed by atoms with Crippen LogP contribution in [0.5, 0.6) is 11.5 Å². The zero-order chi connectivity index (χ0) is 15.4. The molecule has 0 heterocycles. The van der Waals surface area contributed by atoms with Gasteiger partial charge in [0.2, 0.25) is 0 Å². The van der Waals surface area contributed by atoms with Crippen LogP contribution < -0.4 is 4.74 Å². The van der Waals surface area contributed by atoms with Crippen LogP contribution in [0.15, 0.2) is 72.8 Å². The number of ether oxygens (including phenoxy) is 1. The Morgan fingerprint density at radius 3 is 2.45 bits per heavy atom. The summed E-state index contributed by atoms with van der Waals surface area (Å²) >= 11 is 0. The van der Waals surface area contributed by atoms with Crippen molar-refractivity contribution in [2.75, 3.05) is 0 Å². The van der Waals surface area contributed by atoms with E-state index in [9.17, 15) is 5.11 Å². The summed E-state index contributed by atoms with van der Waals surface area (Å²) in [6, 6.07) is 23.5. The van der Waals surface area contributed by atoms with E-state index in [1.54, 1.807) is 12.1 Å². The zero-order valence-corrected chi connectivity index (χ0v) is 12.5. The molecule has 3 aromatic rings. The van der Waals surface area contributed by atoms with Crippen molar-refractivity contribution in [1.82, 2.24) is 0 Å². The minimum Gasteiger partial charge on any atom is -0.508 e. The van der Waals surface area contributed by atoms with Gasteiger partial charge in [-0.05, 0) is 59.5 Å². The molecule has 3 rings (SSSR count). The summed E-state index contributed by atoms with van der Waals surface area (Å²) in [5, 5.41) is 9.53. The molecule has 0 aliphatic heterocycles. The maximum Gasteiger partial charge on any atom is 0.119 e. The highest BCUT2D eigenvalue weighted by Gasteiger charge is 2.04. The lowest BCUT2D eigenvalue weighted by atomic mass is 9.99. The van der Waals surface area contributed by atoms with Crippen molar-refractivity contribution in [3.8, 4) is 22.6 Å². The Morgan fingerprint density at radius 1 is 0.864 bits per heavy atom. The van der Waals surface area contributed by atoms with Gasteiger partial charge in [0.05, 0.1) is 0 Å². The number of benzene rings is 3. The molecular weight excluding hydrogens is 272 g/mol. The van der Waals surface area contributed by atoms with E-state index in [0.717, 1.165) is 28.0 Å². The minimum absolute atomic E-state index is 0.296. The van der Waals surface area contributed by atoms with E-state index in [4.69, 9.17) is 4.74 Å². The minimum atomic E-state index is 0.296. The Hall–Kier alpha value is -2.74. The van der Waals surface area contributed by atoms with Gasteiger partial charge in [0.1, 0.15) is 18.1 Å². The summed E-state index contributed by atoms with van der Waals surface area (Å²) < 4.78 is 5.79. The van der Waals surface area contributed by atoms with Gasteiger partial charge in [0.25, 0.3) is 0 Å². The molecule has 0 fully saturated rings. The van der Waals surface area contributed by atoms with Gasteiger partial charge < -0.3 is 9.84 Å². The largest absolute Gasteiger partial charge is 0.508 e. The molecule has 0 aliphatic carbocycles. The predicted molar refractivity (Wildman–Crippen MR) is 89.1 cm³/mol. The average Bonchev–Trinajstić information content (AvgIpc) is 2.54. The number of hydrogen-bond donors (Lipinski definition) is 1. The topological polar surface area (TPSA) is 29.5 Å². The lowest BCUT2D eigenvalue weighted by Crippen LogP contribution is -1.95. The highest BCUT2D eigenvalue weighted by atomic mass is 16.5. The SMILES string of the molecule is Cc1cc(O)ccc1-c1cccc(COc2ccccc2)c1. The number of para-hydroxylation sites is 1. The quantitative estimate of drug-likeness (QED) is 0.737. The van der Waals surface area contributed by atoms with E-state index in [-0.39, 0.29) is 0 Å². The van der Waals surface area contributed by atoms with Crippen LogP contribution in [0.25, 0.3) is 11.1 Å². The molecule has 22 heavy (non-hydrogen) atoms. The Balaban J connectivity index is 1.80.